The number of hydrogen-bond acceptors (Lipinski definition) is 5. The van der Waals surface area contributed by atoms with E-state index in [1.165, 1.54) is 10.6 Å². The van der Waals surface area contributed by atoms with Crippen LogP contribution < -0.4 is 15.6 Å². The lowest BCUT2D eigenvalue weighted by atomic mass is 10.2. The van der Waals surface area contributed by atoms with E-state index in [0.717, 1.165) is 12.1 Å². The molecule has 0 fully saturated rings. The van der Waals surface area contributed by atoms with Gasteiger partial charge in [-0.25, -0.2) is 8.78 Å². The van der Waals surface area contributed by atoms with Crippen LogP contribution in [0.4, 0.5) is 8.78 Å². The van der Waals surface area contributed by atoms with Crippen molar-refractivity contribution in [3.05, 3.63) is 85.9 Å². The Morgan fingerprint density at radius 1 is 1.23 bits per heavy atom. The minimum atomic E-state index is -0.760. The van der Waals surface area contributed by atoms with Crippen LogP contribution in [0, 0.1) is 18.6 Å². The number of nitrogens with zero attached hydrogens (tertiary/aromatic N) is 2. The highest BCUT2D eigenvalue weighted by atomic mass is 79.9. The van der Waals surface area contributed by atoms with E-state index < -0.39 is 17.2 Å². The zero-order valence-electron chi connectivity index (χ0n) is 16.4. The summed E-state index contributed by atoms with van der Waals surface area (Å²) in [6.07, 6.45) is 0. The van der Waals surface area contributed by atoms with Gasteiger partial charge in [0, 0.05) is 23.7 Å². The Labute approximate surface area is 184 Å². The molecule has 0 aliphatic rings. The number of nitrogens with one attached hydrogen (secondary N) is 1. The molecule has 7 nitrogen and oxygen atoms in total. The smallest absolute Gasteiger partial charge is 0.276 e. The first-order chi connectivity index (χ1) is 14.8. The van der Waals surface area contributed by atoms with Crippen LogP contribution in [-0.4, -0.2) is 33.7 Å². The molecule has 0 radical (unpaired) electrons. The van der Waals surface area contributed by atoms with E-state index in [4.69, 9.17) is 9.84 Å². The van der Waals surface area contributed by atoms with Crippen LogP contribution in [0.5, 0.6) is 5.88 Å². The van der Waals surface area contributed by atoms with Crippen molar-refractivity contribution in [3.8, 4) is 11.6 Å². The number of ether oxygens (including phenoxy) is 1. The van der Waals surface area contributed by atoms with E-state index in [9.17, 15) is 18.4 Å². The Kier molecular flexibility index (Phi) is 7.13. The molecule has 0 unspecified atom stereocenters. The van der Waals surface area contributed by atoms with Gasteiger partial charge in [0.1, 0.15) is 28.5 Å². The molecule has 0 saturated carbocycles. The summed E-state index contributed by atoms with van der Waals surface area (Å²) >= 11 is 3.17. The molecule has 0 bridgehead atoms. The molecule has 1 heterocycles. The van der Waals surface area contributed by atoms with Crippen molar-refractivity contribution in [2.24, 2.45) is 0 Å². The monoisotopic (exact) mass is 493 g/mol. The molecular formula is C21H18BrF2N3O4. The lowest BCUT2D eigenvalue weighted by Gasteiger charge is -2.14. The highest BCUT2D eigenvalue weighted by Gasteiger charge is 2.16. The maximum Gasteiger partial charge on any atom is 0.276 e. The van der Waals surface area contributed by atoms with Gasteiger partial charge in [0.25, 0.3) is 11.5 Å². The first-order valence-corrected chi connectivity index (χ1v) is 9.96. The Morgan fingerprint density at radius 2 is 1.94 bits per heavy atom. The molecule has 0 saturated heterocycles. The molecule has 162 valence electrons. The van der Waals surface area contributed by atoms with Gasteiger partial charge in [-0.15, -0.1) is 0 Å². The van der Waals surface area contributed by atoms with E-state index in [2.05, 4.69) is 26.2 Å². The average molecular weight is 494 g/mol. The summed E-state index contributed by atoms with van der Waals surface area (Å²) in [5.41, 5.74) is 0.508. The average Bonchev–Trinajstić information content (AvgIpc) is 2.75. The van der Waals surface area contributed by atoms with E-state index in [0.29, 0.717) is 17.1 Å². The zero-order valence-corrected chi connectivity index (χ0v) is 17.9. The lowest BCUT2D eigenvalue weighted by Crippen LogP contribution is -2.26. The van der Waals surface area contributed by atoms with Gasteiger partial charge in [0.05, 0.1) is 12.3 Å². The molecule has 0 atom stereocenters. The van der Waals surface area contributed by atoms with Crippen molar-refractivity contribution >= 4 is 21.8 Å². The second-order valence-corrected chi connectivity index (χ2v) is 7.26. The molecule has 2 aromatic carbocycles. The normalized spacial score (nSPS) is 10.7. The van der Waals surface area contributed by atoms with Crippen molar-refractivity contribution < 1.29 is 23.4 Å². The van der Waals surface area contributed by atoms with E-state index in [1.807, 2.05) is 0 Å². The first-order valence-electron chi connectivity index (χ1n) is 9.17. The van der Waals surface area contributed by atoms with E-state index >= 15 is 0 Å². The summed E-state index contributed by atoms with van der Waals surface area (Å²) in [7, 11) is 0. The number of carbonyl (C=O) groups is 1. The third-order valence-corrected chi connectivity index (χ3v) is 5.01. The molecule has 1 amide bonds. The Balaban J connectivity index is 1.84. The number of halogens is 3. The number of aryl methyl sites for hydroxylation is 1. The SMILES string of the molecule is Cc1nc(OCc2ccc(F)cc2F)c(Br)c(=O)n1-c1ccc(C(=O)NCCO)cc1. The fourth-order valence-electron chi connectivity index (χ4n) is 2.80. The molecule has 10 heteroatoms. The molecule has 0 spiro atoms. The van der Waals surface area contributed by atoms with Crippen molar-refractivity contribution in [1.29, 1.82) is 0 Å². The molecule has 0 aliphatic heterocycles. The van der Waals surface area contributed by atoms with Gasteiger partial charge < -0.3 is 15.2 Å². The fourth-order valence-corrected chi connectivity index (χ4v) is 3.18. The number of amides is 1. The molecule has 31 heavy (non-hydrogen) atoms. The molecule has 1 aromatic heterocycles. The maximum absolute atomic E-state index is 13.8. The predicted octanol–water partition coefficient (Wildman–Crippen LogP) is 2.88. The molecule has 2 N–H and O–H groups in total. The maximum atomic E-state index is 13.8. The molecular weight excluding hydrogens is 476 g/mol. The van der Waals surface area contributed by atoms with Crippen LogP contribution in [-0.2, 0) is 6.61 Å². The largest absolute Gasteiger partial charge is 0.472 e. The Bertz CT molecular complexity index is 1170. The second-order valence-electron chi connectivity index (χ2n) is 6.47. The lowest BCUT2D eigenvalue weighted by molar-refractivity contribution is 0.0945. The first kappa shape index (κ1) is 22.6. The van der Waals surface area contributed by atoms with E-state index in [-0.39, 0.29) is 41.6 Å². The van der Waals surface area contributed by atoms with Crippen molar-refractivity contribution in [2.75, 3.05) is 13.2 Å². The van der Waals surface area contributed by atoms with Gasteiger partial charge in [-0.05, 0) is 59.3 Å². The highest BCUT2D eigenvalue weighted by Crippen LogP contribution is 2.22. The Morgan fingerprint density at radius 3 is 2.58 bits per heavy atom. The number of carbonyl (C=O) groups excluding carboxylic acids is 1. The third kappa shape index (κ3) is 5.15. The van der Waals surface area contributed by atoms with Gasteiger partial charge in [0.15, 0.2) is 0 Å². The molecule has 0 aliphatic carbocycles. The minimum Gasteiger partial charge on any atom is -0.472 e. The number of rotatable bonds is 7. The van der Waals surface area contributed by atoms with Gasteiger partial charge in [-0.3, -0.25) is 14.2 Å². The highest BCUT2D eigenvalue weighted by molar-refractivity contribution is 9.10. The third-order valence-electron chi connectivity index (χ3n) is 4.33. The van der Waals surface area contributed by atoms with Crippen LogP contribution in [0.2, 0.25) is 0 Å². The summed E-state index contributed by atoms with van der Waals surface area (Å²) in [4.78, 5) is 29.1. The molecule has 3 aromatic rings. The van der Waals surface area contributed by atoms with Gasteiger partial charge in [-0.1, -0.05) is 0 Å². The second kappa shape index (κ2) is 9.80. The van der Waals surface area contributed by atoms with Crippen molar-refractivity contribution in [3.63, 3.8) is 0 Å². The summed E-state index contributed by atoms with van der Waals surface area (Å²) in [5, 5.41) is 11.3. The summed E-state index contributed by atoms with van der Waals surface area (Å²) in [5.74, 6) is -1.52. The minimum absolute atomic E-state index is 0.0255. The van der Waals surface area contributed by atoms with Crippen molar-refractivity contribution in [2.45, 2.75) is 13.5 Å². The quantitative estimate of drug-likeness (QED) is 0.527. The number of hydrogen-bond donors (Lipinski definition) is 2. The zero-order chi connectivity index (χ0) is 22.5. The van der Waals surface area contributed by atoms with Crippen LogP contribution in [0.1, 0.15) is 21.7 Å². The predicted molar refractivity (Wildman–Crippen MR) is 112 cm³/mol. The number of aliphatic hydroxyl groups excluding tert-OH is 1. The standard InChI is InChI=1S/C21H18BrF2N3O4/c1-12-26-20(31-11-14-2-5-15(23)10-17(14)24)18(22)21(30)27(12)16-6-3-13(4-7-16)19(29)25-8-9-28/h2-7,10,28H,8-9,11H2,1H3,(H,25,29). The van der Waals surface area contributed by atoms with Gasteiger partial charge in [-0.2, -0.15) is 4.98 Å². The summed E-state index contributed by atoms with van der Waals surface area (Å²) in [6.45, 7) is 1.33. The van der Waals surface area contributed by atoms with Crippen LogP contribution in [0.25, 0.3) is 5.69 Å². The van der Waals surface area contributed by atoms with Gasteiger partial charge >= 0.3 is 0 Å². The summed E-state index contributed by atoms with van der Waals surface area (Å²) in [6, 6.07) is 9.38. The van der Waals surface area contributed by atoms with Crippen LogP contribution >= 0.6 is 15.9 Å². The number of aromatic nitrogens is 2. The fraction of sp³-hybridized carbons (Fsp3) is 0.190. The van der Waals surface area contributed by atoms with Crippen LogP contribution in [0.3, 0.4) is 0 Å². The topological polar surface area (TPSA) is 93.5 Å². The van der Waals surface area contributed by atoms with Crippen molar-refractivity contribution in [1.82, 2.24) is 14.9 Å². The van der Waals surface area contributed by atoms with Crippen LogP contribution in [0.15, 0.2) is 51.7 Å². The Hall–Kier alpha value is -3.11. The van der Waals surface area contributed by atoms with E-state index in [1.54, 1.807) is 31.2 Å². The van der Waals surface area contributed by atoms with Gasteiger partial charge in [0.2, 0.25) is 5.88 Å². The number of aliphatic hydroxyl groups is 1. The summed E-state index contributed by atoms with van der Waals surface area (Å²) < 4.78 is 33.7. The number of benzene rings is 2. The molecule has 3 rings (SSSR count).